The number of nitrogens with two attached hydrogens (primary N) is 1. The first-order valence-corrected chi connectivity index (χ1v) is 12.7. The van der Waals surface area contributed by atoms with E-state index >= 15 is 0 Å². The highest BCUT2D eigenvalue weighted by Gasteiger charge is 2.47. The van der Waals surface area contributed by atoms with Crippen LogP contribution in [-0.4, -0.2) is 56.6 Å². The number of carbonyl (C=O) groups is 2. The number of ether oxygens (including phenoxy) is 1. The number of piperidine rings is 1. The molecule has 5 rings (SSSR count). The molecule has 4 N–H and O–H groups in total. The standard InChI is InChI=1S/C24H31BrN6O3/c1-24(2,3)34-23(33)31-8-4-5-14(11-31)21-29-19-18(15(25)10-27-22(19)30-21)28-17-13-7-6-12(9-13)16(17)20(26)32/h6-7,10,12-14,16-17H,4-5,8-9,11H2,1-3H3,(H2,26,32)(H2,27,28,29,30)/t12-,13+,14?,16+,17-/m1/s1. The molecule has 1 saturated carbocycles. The maximum atomic E-state index is 12.6. The third kappa shape index (κ3) is 4.28. The van der Waals surface area contributed by atoms with E-state index in [0.29, 0.717) is 18.7 Å². The van der Waals surface area contributed by atoms with Gasteiger partial charge in [-0.15, -0.1) is 0 Å². The van der Waals surface area contributed by atoms with Crippen LogP contribution in [-0.2, 0) is 9.53 Å². The third-order valence-electron chi connectivity index (χ3n) is 7.05. The van der Waals surface area contributed by atoms with E-state index in [0.717, 1.165) is 40.8 Å². The number of imidazole rings is 1. The van der Waals surface area contributed by atoms with E-state index in [1.165, 1.54) is 0 Å². The van der Waals surface area contributed by atoms with Crippen molar-refractivity contribution >= 4 is 44.8 Å². The van der Waals surface area contributed by atoms with Gasteiger partial charge in [-0.25, -0.2) is 14.8 Å². The Labute approximate surface area is 207 Å². The summed E-state index contributed by atoms with van der Waals surface area (Å²) in [5.74, 6) is 0.802. The van der Waals surface area contributed by atoms with Crippen molar-refractivity contribution in [2.75, 3.05) is 18.4 Å². The number of amides is 2. The molecule has 5 atom stereocenters. The molecule has 2 aliphatic carbocycles. The third-order valence-corrected chi connectivity index (χ3v) is 7.65. The van der Waals surface area contributed by atoms with Crippen molar-refractivity contribution in [2.45, 2.75) is 57.6 Å². The number of carbonyl (C=O) groups excluding carboxylic acids is 2. The Hall–Kier alpha value is -2.62. The fourth-order valence-corrected chi connectivity index (χ4v) is 5.97. The number of hydrogen-bond acceptors (Lipinski definition) is 6. The minimum Gasteiger partial charge on any atom is -0.444 e. The minimum absolute atomic E-state index is 0.0610. The average molecular weight is 531 g/mol. The number of likely N-dealkylation sites (tertiary alicyclic amines) is 1. The molecule has 0 aromatic carbocycles. The highest BCUT2D eigenvalue weighted by Crippen LogP contribution is 2.46. The average Bonchev–Trinajstić information content (AvgIpc) is 3.49. The number of nitrogens with one attached hydrogen (secondary N) is 2. The van der Waals surface area contributed by atoms with Crippen molar-refractivity contribution in [1.29, 1.82) is 0 Å². The molecule has 3 heterocycles. The molecule has 182 valence electrons. The Balaban J connectivity index is 1.40. The van der Waals surface area contributed by atoms with Crippen molar-refractivity contribution in [1.82, 2.24) is 19.9 Å². The van der Waals surface area contributed by atoms with Gasteiger partial charge in [0.1, 0.15) is 16.9 Å². The number of aromatic nitrogens is 3. The summed E-state index contributed by atoms with van der Waals surface area (Å²) in [5.41, 5.74) is 7.45. The normalized spacial score (nSPS) is 28.5. The summed E-state index contributed by atoms with van der Waals surface area (Å²) < 4.78 is 6.36. The molecule has 2 aromatic heterocycles. The lowest BCUT2D eigenvalue weighted by Gasteiger charge is -2.33. The fraction of sp³-hybridized carbons (Fsp3) is 0.583. The molecular formula is C24H31BrN6O3. The number of allylic oxidation sites excluding steroid dienone is 1. The first-order chi connectivity index (χ1) is 16.1. The van der Waals surface area contributed by atoms with E-state index in [2.05, 4.69) is 43.4 Å². The molecule has 34 heavy (non-hydrogen) atoms. The van der Waals surface area contributed by atoms with Gasteiger partial charge in [0, 0.05) is 31.2 Å². The number of aromatic amines is 1. The lowest BCUT2D eigenvalue weighted by molar-refractivity contribution is -0.122. The van der Waals surface area contributed by atoms with Crippen LogP contribution in [0.1, 0.15) is 51.8 Å². The van der Waals surface area contributed by atoms with Crippen LogP contribution < -0.4 is 11.1 Å². The number of H-pyrrole nitrogens is 1. The Kier molecular flexibility index (Phi) is 5.82. The molecule has 9 nitrogen and oxygen atoms in total. The minimum atomic E-state index is -0.530. The van der Waals surface area contributed by atoms with Crippen LogP contribution in [0.3, 0.4) is 0 Å². The maximum Gasteiger partial charge on any atom is 0.410 e. The van der Waals surface area contributed by atoms with Crippen LogP contribution in [0.25, 0.3) is 11.2 Å². The lowest BCUT2D eigenvalue weighted by Crippen LogP contribution is -2.42. The summed E-state index contributed by atoms with van der Waals surface area (Å²) in [5, 5.41) is 3.59. The number of fused-ring (bicyclic) bond motifs is 3. The number of hydrogen-bond donors (Lipinski definition) is 3. The Morgan fingerprint density at radius 2 is 2.06 bits per heavy atom. The van der Waals surface area contributed by atoms with Gasteiger partial charge in [0.25, 0.3) is 0 Å². The molecule has 0 spiro atoms. The van der Waals surface area contributed by atoms with Gasteiger partial charge in [-0.3, -0.25) is 4.79 Å². The smallest absolute Gasteiger partial charge is 0.410 e. The summed E-state index contributed by atoms with van der Waals surface area (Å²) >= 11 is 3.62. The van der Waals surface area contributed by atoms with Crippen LogP contribution in [0.2, 0.25) is 0 Å². The molecule has 2 amide bonds. The van der Waals surface area contributed by atoms with Crippen LogP contribution in [0.15, 0.2) is 22.8 Å². The quantitative estimate of drug-likeness (QED) is 0.514. The maximum absolute atomic E-state index is 12.6. The van der Waals surface area contributed by atoms with Gasteiger partial charge in [0.15, 0.2) is 5.65 Å². The van der Waals surface area contributed by atoms with E-state index in [9.17, 15) is 9.59 Å². The second kappa shape index (κ2) is 8.55. The van der Waals surface area contributed by atoms with E-state index in [1.54, 1.807) is 11.1 Å². The first-order valence-electron chi connectivity index (χ1n) is 11.9. The number of pyridine rings is 1. The first kappa shape index (κ1) is 23.1. The number of primary amides is 1. The van der Waals surface area contributed by atoms with Crippen molar-refractivity contribution < 1.29 is 14.3 Å². The van der Waals surface area contributed by atoms with E-state index < -0.39 is 5.60 Å². The molecule has 2 fully saturated rings. The van der Waals surface area contributed by atoms with Gasteiger partial charge in [0.2, 0.25) is 5.91 Å². The molecule has 1 saturated heterocycles. The number of nitrogens with zero attached hydrogens (tertiary/aromatic N) is 3. The number of anilines is 1. The summed E-state index contributed by atoms with van der Waals surface area (Å²) in [7, 11) is 0. The lowest BCUT2D eigenvalue weighted by atomic mass is 9.88. The van der Waals surface area contributed by atoms with Gasteiger partial charge in [-0.1, -0.05) is 12.2 Å². The van der Waals surface area contributed by atoms with Crippen LogP contribution in [0.4, 0.5) is 10.5 Å². The predicted molar refractivity (Wildman–Crippen MR) is 132 cm³/mol. The summed E-state index contributed by atoms with van der Waals surface area (Å²) in [6.45, 7) is 6.84. The van der Waals surface area contributed by atoms with Gasteiger partial charge >= 0.3 is 6.09 Å². The van der Waals surface area contributed by atoms with Crippen LogP contribution in [0.5, 0.6) is 0 Å². The second-order valence-electron chi connectivity index (χ2n) is 10.6. The summed E-state index contributed by atoms with van der Waals surface area (Å²) in [4.78, 5) is 39.3. The molecular weight excluding hydrogens is 500 g/mol. The van der Waals surface area contributed by atoms with Crippen molar-refractivity contribution in [3.8, 4) is 0 Å². The fourth-order valence-electron chi connectivity index (χ4n) is 5.55. The molecule has 2 aromatic rings. The van der Waals surface area contributed by atoms with E-state index in [1.807, 2.05) is 20.8 Å². The zero-order valence-electron chi connectivity index (χ0n) is 19.7. The molecule has 1 unspecified atom stereocenters. The Morgan fingerprint density at radius 3 is 2.79 bits per heavy atom. The van der Waals surface area contributed by atoms with Crippen LogP contribution >= 0.6 is 15.9 Å². The van der Waals surface area contributed by atoms with Gasteiger partial charge < -0.3 is 25.7 Å². The Bertz CT molecular complexity index is 1160. The summed E-state index contributed by atoms with van der Waals surface area (Å²) in [6, 6.07) is -0.0708. The van der Waals surface area contributed by atoms with Gasteiger partial charge in [-0.05, 0) is 67.8 Å². The van der Waals surface area contributed by atoms with E-state index in [4.69, 9.17) is 15.5 Å². The molecule has 10 heteroatoms. The van der Waals surface area contributed by atoms with Crippen molar-refractivity contribution in [3.05, 3.63) is 28.6 Å². The number of halogens is 1. The van der Waals surface area contributed by atoms with Gasteiger partial charge in [-0.2, -0.15) is 0 Å². The largest absolute Gasteiger partial charge is 0.444 e. The van der Waals surface area contributed by atoms with Crippen molar-refractivity contribution in [2.24, 2.45) is 23.5 Å². The highest BCUT2D eigenvalue weighted by atomic mass is 79.9. The zero-order valence-corrected chi connectivity index (χ0v) is 21.3. The monoisotopic (exact) mass is 530 g/mol. The number of rotatable bonds is 4. The zero-order chi connectivity index (χ0) is 24.2. The summed E-state index contributed by atoms with van der Waals surface area (Å²) in [6.07, 6.45) is 8.46. The molecule has 1 aliphatic heterocycles. The second-order valence-corrected chi connectivity index (χ2v) is 11.5. The molecule has 2 bridgehead atoms. The van der Waals surface area contributed by atoms with Crippen molar-refractivity contribution in [3.63, 3.8) is 0 Å². The van der Waals surface area contributed by atoms with Crippen LogP contribution in [0, 0.1) is 17.8 Å². The van der Waals surface area contributed by atoms with Gasteiger partial charge in [0.05, 0.1) is 16.1 Å². The van der Waals surface area contributed by atoms with E-state index in [-0.39, 0.29) is 41.7 Å². The predicted octanol–water partition coefficient (Wildman–Crippen LogP) is 3.92. The molecule has 3 aliphatic rings. The SMILES string of the molecule is CC(C)(C)OC(=O)N1CCCC(c2nc3ncc(Br)c(N[C@H]4[C@@H](C(N)=O)[C@@H]5C=C[C@H]4C5)c3[nH]2)C1. The molecule has 0 radical (unpaired) electrons. The highest BCUT2D eigenvalue weighted by molar-refractivity contribution is 9.10. The Morgan fingerprint density at radius 1 is 1.29 bits per heavy atom. The topological polar surface area (TPSA) is 126 Å².